The van der Waals surface area contributed by atoms with Crippen LogP contribution in [0.1, 0.15) is 11.1 Å². The molecule has 0 radical (unpaired) electrons. The molecule has 1 aromatic carbocycles. The number of anilines is 1. The number of nitrogen functional groups attached to an aromatic ring is 1. The van der Waals surface area contributed by atoms with E-state index >= 15 is 0 Å². The largest absolute Gasteiger partial charge is 0.401 e. The van der Waals surface area contributed by atoms with E-state index in [9.17, 15) is 13.2 Å². The second-order valence-corrected chi connectivity index (χ2v) is 4.96. The Balaban J connectivity index is 1.76. The van der Waals surface area contributed by atoms with E-state index in [1.165, 1.54) is 4.90 Å². The minimum Gasteiger partial charge on any atom is -0.399 e. The van der Waals surface area contributed by atoms with Crippen LogP contribution < -0.4 is 5.73 Å². The Morgan fingerprint density at radius 1 is 1.33 bits per heavy atom. The highest BCUT2D eigenvalue weighted by Crippen LogP contribution is 2.44. The number of alkyl halides is 3. The normalized spacial score (nSPS) is 21.9. The van der Waals surface area contributed by atoms with Crippen molar-refractivity contribution < 1.29 is 17.9 Å². The number of halogens is 3. The molecule has 3 nitrogen and oxygen atoms in total. The lowest BCUT2D eigenvalue weighted by molar-refractivity contribution is -0.199. The van der Waals surface area contributed by atoms with Gasteiger partial charge in [-0.1, -0.05) is 6.07 Å². The zero-order valence-electron chi connectivity index (χ0n) is 9.63. The first-order chi connectivity index (χ1) is 8.38. The van der Waals surface area contributed by atoms with Gasteiger partial charge in [0, 0.05) is 18.8 Å². The van der Waals surface area contributed by atoms with Crippen LogP contribution in [0.2, 0.25) is 0 Å². The van der Waals surface area contributed by atoms with Crippen LogP contribution in [0.5, 0.6) is 0 Å². The zero-order chi connectivity index (χ0) is 13.0. The number of hydrogen-bond donors (Lipinski definition) is 1. The lowest BCUT2D eigenvalue weighted by Crippen LogP contribution is -2.61. The molecule has 2 aliphatic heterocycles. The third-order valence-electron chi connectivity index (χ3n) is 3.49. The Labute approximate surface area is 102 Å². The Bertz CT molecular complexity index is 481. The van der Waals surface area contributed by atoms with Gasteiger partial charge in [0.2, 0.25) is 0 Å². The summed E-state index contributed by atoms with van der Waals surface area (Å²) in [5, 5.41) is 0. The third-order valence-corrected chi connectivity index (χ3v) is 3.49. The SMILES string of the molecule is Nc1ccc2c(c1)C1(CN(CC(F)(F)F)C1)OC2. The van der Waals surface area contributed by atoms with E-state index in [0.717, 1.165) is 11.1 Å². The molecule has 0 bridgehead atoms. The smallest absolute Gasteiger partial charge is 0.399 e. The number of hydrogen-bond acceptors (Lipinski definition) is 3. The Morgan fingerprint density at radius 2 is 2.06 bits per heavy atom. The second-order valence-electron chi connectivity index (χ2n) is 4.96. The van der Waals surface area contributed by atoms with Gasteiger partial charge in [-0.15, -0.1) is 0 Å². The fourth-order valence-electron chi connectivity index (χ4n) is 2.74. The summed E-state index contributed by atoms with van der Waals surface area (Å²) in [6, 6.07) is 5.48. The van der Waals surface area contributed by atoms with Crippen LogP contribution in [0.25, 0.3) is 0 Å². The first-order valence-electron chi connectivity index (χ1n) is 5.70. The van der Waals surface area contributed by atoms with E-state index in [1.54, 1.807) is 6.07 Å². The number of nitrogens with zero attached hydrogens (tertiary/aromatic N) is 1. The van der Waals surface area contributed by atoms with Crippen molar-refractivity contribution in [1.82, 2.24) is 4.90 Å². The number of ether oxygens (including phenoxy) is 1. The predicted molar refractivity (Wildman–Crippen MR) is 59.8 cm³/mol. The van der Waals surface area contributed by atoms with Gasteiger partial charge in [0.05, 0.1) is 13.2 Å². The molecule has 1 spiro atoms. The molecule has 6 heteroatoms. The molecule has 2 N–H and O–H groups in total. The quantitative estimate of drug-likeness (QED) is 0.781. The zero-order valence-corrected chi connectivity index (χ0v) is 9.63. The van der Waals surface area contributed by atoms with Crippen molar-refractivity contribution in [2.45, 2.75) is 18.4 Å². The van der Waals surface area contributed by atoms with Gasteiger partial charge in [-0.25, -0.2) is 0 Å². The molecule has 98 valence electrons. The van der Waals surface area contributed by atoms with Crippen LogP contribution in [-0.2, 0) is 16.9 Å². The van der Waals surface area contributed by atoms with Gasteiger partial charge in [0.25, 0.3) is 0 Å². The molecule has 18 heavy (non-hydrogen) atoms. The van der Waals surface area contributed by atoms with Crippen LogP contribution in [0.4, 0.5) is 18.9 Å². The molecule has 0 amide bonds. The fraction of sp³-hybridized carbons (Fsp3) is 0.500. The maximum absolute atomic E-state index is 12.3. The van der Waals surface area contributed by atoms with Crippen molar-refractivity contribution in [3.63, 3.8) is 0 Å². The van der Waals surface area contributed by atoms with Gasteiger partial charge >= 0.3 is 6.18 Å². The van der Waals surface area contributed by atoms with E-state index in [4.69, 9.17) is 10.5 Å². The number of likely N-dealkylation sites (tertiary alicyclic amines) is 1. The predicted octanol–water partition coefficient (Wildman–Crippen LogP) is 1.87. The monoisotopic (exact) mass is 258 g/mol. The van der Waals surface area contributed by atoms with Crippen LogP contribution in [0.15, 0.2) is 18.2 Å². The van der Waals surface area contributed by atoms with E-state index in [2.05, 4.69) is 0 Å². The maximum atomic E-state index is 12.3. The molecule has 3 rings (SSSR count). The highest BCUT2D eigenvalue weighted by Gasteiger charge is 2.52. The molecule has 0 unspecified atom stereocenters. The standard InChI is InChI=1S/C12H13F3N2O/c13-12(14,15)7-17-5-11(6-17)10-3-9(16)2-1-8(10)4-18-11/h1-3H,4-7,16H2. The molecule has 0 atom stereocenters. The van der Waals surface area contributed by atoms with Crippen LogP contribution in [0.3, 0.4) is 0 Å². The number of rotatable bonds is 1. The third kappa shape index (κ3) is 1.85. The molecule has 1 fully saturated rings. The first-order valence-corrected chi connectivity index (χ1v) is 5.70. The van der Waals surface area contributed by atoms with Gasteiger partial charge in [-0.05, 0) is 23.3 Å². The first kappa shape index (κ1) is 11.8. The minimum absolute atomic E-state index is 0.281. The lowest BCUT2D eigenvalue weighted by Gasteiger charge is -2.47. The second kappa shape index (κ2) is 3.61. The highest BCUT2D eigenvalue weighted by molar-refractivity contribution is 5.49. The Morgan fingerprint density at radius 3 is 2.72 bits per heavy atom. The summed E-state index contributed by atoms with van der Waals surface area (Å²) in [4.78, 5) is 1.35. The summed E-state index contributed by atoms with van der Waals surface area (Å²) >= 11 is 0. The molecule has 0 saturated carbocycles. The summed E-state index contributed by atoms with van der Waals surface area (Å²) in [7, 11) is 0. The maximum Gasteiger partial charge on any atom is 0.401 e. The summed E-state index contributed by atoms with van der Waals surface area (Å²) in [6.45, 7) is 0.136. The van der Waals surface area contributed by atoms with Crippen molar-refractivity contribution in [2.24, 2.45) is 0 Å². The molecular formula is C12H13F3N2O. The van der Waals surface area contributed by atoms with Gasteiger partial charge < -0.3 is 10.5 Å². The van der Waals surface area contributed by atoms with Gasteiger partial charge in [-0.3, -0.25) is 4.90 Å². The average molecular weight is 258 g/mol. The number of benzene rings is 1. The van der Waals surface area contributed by atoms with Crippen molar-refractivity contribution in [3.05, 3.63) is 29.3 Å². The van der Waals surface area contributed by atoms with Gasteiger partial charge in [0.15, 0.2) is 0 Å². The number of nitrogens with two attached hydrogens (primary N) is 1. The summed E-state index contributed by atoms with van der Waals surface area (Å²) in [5.74, 6) is 0. The van der Waals surface area contributed by atoms with E-state index in [1.807, 2.05) is 12.1 Å². The van der Waals surface area contributed by atoms with Crippen molar-refractivity contribution >= 4 is 5.69 Å². The minimum atomic E-state index is -4.15. The topological polar surface area (TPSA) is 38.5 Å². The molecule has 0 aliphatic carbocycles. The van der Waals surface area contributed by atoms with Crippen molar-refractivity contribution in [1.29, 1.82) is 0 Å². The van der Waals surface area contributed by atoms with Gasteiger partial charge in [0.1, 0.15) is 5.60 Å². The Hall–Kier alpha value is -1.27. The van der Waals surface area contributed by atoms with E-state index in [0.29, 0.717) is 12.3 Å². The number of fused-ring (bicyclic) bond motifs is 2. The molecule has 0 aromatic heterocycles. The lowest BCUT2D eigenvalue weighted by atomic mass is 9.85. The van der Waals surface area contributed by atoms with Gasteiger partial charge in [-0.2, -0.15) is 13.2 Å². The van der Waals surface area contributed by atoms with E-state index in [-0.39, 0.29) is 13.1 Å². The molecule has 2 heterocycles. The summed E-state index contributed by atoms with van der Waals surface area (Å²) in [5.41, 5.74) is 7.73. The Kier molecular flexibility index (Phi) is 2.37. The van der Waals surface area contributed by atoms with Crippen molar-refractivity contribution in [3.8, 4) is 0 Å². The molecule has 2 aliphatic rings. The van der Waals surface area contributed by atoms with Crippen LogP contribution in [0, 0.1) is 0 Å². The highest BCUT2D eigenvalue weighted by atomic mass is 19.4. The van der Waals surface area contributed by atoms with Crippen LogP contribution >= 0.6 is 0 Å². The molecule has 1 aromatic rings. The molecular weight excluding hydrogens is 245 g/mol. The average Bonchev–Trinajstić information content (AvgIpc) is 2.55. The fourth-order valence-corrected chi connectivity index (χ4v) is 2.74. The summed E-state index contributed by atoms with van der Waals surface area (Å²) < 4.78 is 42.5. The van der Waals surface area contributed by atoms with E-state index < -0.39 is 18.3 Å². The van der Waals surface area contributed by atoms with Crippen molar-refractivity contribution in [2.75, 3.05) is 25.4 Å². The van der Waals surface area contributed by atoms with Crippen LogP contribution in [-0.4, -0.2) is 30.7 Å². The molecule has 1 saturated heterocycles. The summed E-state index contributed by atoms with van der Waals surface area (Å²) in [6.07, 6.45) is -4.15.